The number of ketones is 1. The van der Waals surface area contributed by atoms with Gasteiger partial charge < -0.3 is 31.3 Å². The van der Waals surface area contributed by atoms with Crippen molar-refractivity contribution in [2.75, 3.05) is 32.8 Å². The zero-order chi connectivity index (χ0) is 30.9. The summed E-state index contributed by atoms with van der Waals surface area (Å²) in [5, 5.41) is 7.92. The lowest BCUT2D eigenvalue weighted by Gasteiger charge is -2.25. The summed E-state index contributed by atoms with van der Waals surface area (Å²) in [6, 6.07) is 7.17. The molecule has 43 heavy (non-hydrogen) atoms. The first-order valence-electron chi connectivity index (χ1n) is 14.1. The lowest BCUT2D eigenvalue weighted by Crippen LogP contribution is -2.49. The number of carbonyl (C=O) groups is 6. The average molecular weight is 596 g/mol. The summed E-state index contributed by atoms with van der Waals surface area (Å²) >= 11 is 0. The lowest BCUT2D eigenvalue weighted by atomic mass is 10.0. The Hall–Kier alpha value is -4.81. The fraction of sp³-hybridized carbons (Fsp3) is 0.400. The number of benzene rings is 2. The molecule has 12 nitrogen and oxygen atoms in total. The zero-order valence-electron chi connectivity index (χ0n) is 23.6. The monoisotopic (exact) mass is 595 g/mol. The van der Waals surface area contributed by atoms with Crippen LogP contribution in [0.4, 0.5) is 4.39 Å². The highest BCUT2D eigenvalue weighted by Crippen LogP contribution is 2.26. The summed E-state index contributed by atoms with van der Waals surface area (Å²) in [7, 11) is 0. The number of nitrogens with two attached hydrogens (primary N) is 1. The molecule has 13 heteroatoms. The van der Waals surface area contributed by atoms with E-state index in [9.17, 15) is 33.2 Å². The molecular formula is C30H34FN5O7. The van der Waals surface area contributed by atoms with E-state index in [4.69, 9.17) is 10.5 Å². The Morgan fingerprint density at radius 3 is 2.58 bits per heavy atom. The van der Waals surface area contributed by atoms with Crippen molar-refractivity contribution >= 4 is 35.3 Å². The molecule has 0 saturated carbocycles. The normalized spacial score (nSPS) is 18.6. The number of nitrogens with one attached hydrogen (secondary N) is 3. The quantitative estimate of drug-likeness (QED) is 0.405. The fourth-order valence-electron chi connectivity index (χ4n) is 5.08. The van der Waals surface area contributed by atoms with E-state index in [0.717, 1.165) is 12.1 Å². The second-order valence-electron chi connectivity index (χ2n) is 10.3. The van der Waals surface area contributed by atoms with Crippen LogP contribution in [0.25, 0.3) is 0 Å². The lowest BCUT2D eigenvalue weighted by molar-refractivity contribution is -0.123. The molecule has 0 unspecified atom stereocenters. The number of ether oxygens (including phenoxy) is 1. The number of rotatable bonds is 4. The van der Waals surface area contributed by atoms with E-state index >= 15 is 0 Å². The Kier molecular flexibility index (Phi) is 10.4. The minimum Gasteiger partial charge on any atom is -0.491 e. The van der Waals surface area contributed by atoms with E-state index in [1.807, 2.05) is 0 Å². The maximum absolute atomic E-state index is 14.0. The predicted octanol–water partition coefficient (Wildman–Crippen LogP) is 0.866. The third-order valence-electron chi connectivity index (χ3n) is 7.28. The highest BCUT2D eigenvalue weighted by Gasteiger charge is 2.28. The molecule has 2 aromatic rings. The van der Waals surface area contributed by atoms with E-state index in [2.05, 4.69) is 16.0 Å². The van der Waals surface area contributed by atoms with Gasteiger partial charge in [-0.25, -0.2) is 4.39 Å². The molecule has 5 N–H and O–H groups in total. The second-order valence-corrected chi connectivity index (χ2v) is 10.3. The summed E-state index contributed by atoms with van der Waals surface area (Å²) in [4.78, 5) is 77.5. The molecule has 0 bridgehead atoms. The van der Waals surface area contributed by atoms with Crippen LogP contribution in [-0.4, -0.2) is 79.0 Å². The number of hydrogen-bond donors (Lipinski definition) is 4. The highest BCUT2D eigenvalue weighted by molar-refractivity contribution is 6.05. The Morgan fingerprint density at radius 2 is 1.79 bits per heavy atom. The van der Waals surface area contributed by atoms with Crippen molar-refractivity contribution in [3.8, 4) is 5.75 Å². The van der Waals surface area contributed by atoms with Crippen molar-refractivity contribution in [2.45, 2.75) is 44.6 Å². The van der Waals surface area contributed by atoms with Gasteiger partial charge in [-0.2, -0.15) is 0 Å². The maximum atomic E-state index is 14.0. The molecule has 4 rings (SSSR count). The van der Waals surface area contributed by atoms with E-state index in [1.54, 1.807) is 18.2 Å². The van der Waals surface area contributed by atoms with E-state index in [1.165, 1.54) is 11.0 Å². The van der Waals surface area contributed by atoms with Gasteiger partial charge in [0.15, 0.2) is 5.78 Å². The molecule has 228 valence electrons. The minimum atomic E-state index is -1.19. The molecule has 0 spiro atoms. The number of nitrogens with zero attached hydrogens (tertiary/aromatic N) is 1. The van der Waals surface area contributed by atoms with Gasteiger partial charge in [-0.05, 0) is 49.1 Å². The summed E-state index contributed by atoms with van der Waals surface area (Å²) in [6.45, 7) is 0.348. The van der Waals surface area contributed by atoms with Crippen molar-refractivity contribution in [1.82, 2.24) is 20.9 Å². The Balaban J connectivity index is 1.56. The summed E-state index contributed by atoms with van der Waals surface area (Å²) in [5.41, 5.74) is 6.71. The van der Waals surface area contributed by atoms with Crippen molar-refractivity contribution < 1.29 is 37.9 Å². The third-order valence-corrected chi connectivity index (χ3v) is 7.28. The zero-order valence-corrected chi connectivity index (χ0v) is 23.6. The molecule has 0 fully saturated rings. The van der Waals surface area contributed by atoms with Gasteiger partial charge >= 0.3 is 0 Å². The molecule has 1 atom stereocenters. The Bertz CT molecular complexity index is 1430. The van der Waals surface area contributed by atoms with Crippen LogP contribution in [0.2, 0.25) is 0 Å². The van der Waals surface area contributed by atoms with Crippen molar-refractivity contribution in [3.63, 3.8) is 0 Å². The summed E-state index contributed by atoms with van der Waals surface area (Å²) < 4.78 is 19.7. The van der Waals surface area contributed by atoms with Gasteiger partial charge in [-0.15, -0.1) is 0 Å². The van der Waals surface area contributed by atoms with Gasteiger partial charge in [0.05, 0.1) is 12.1 Å². The maximum Gasteiger partial charge on any atom is 0.255 e. The third kappa shape index (κ3) is 8.15. The van der Waals surface area contributed by atoms with Gasteiger partial charge in [-0.3, -0.25) is 28.8 Å². The fourth-order valence-corrected chi connectivity index (χ4v) is 5.08. The van der Waals surface area contributed by atoms with Crippen molar-refractivity contribution in [3.05, 3.63) is 64.5 Å². The number of fused-ring (bicyclic) bond motifs is 2. The molecule has 0 radical (unpaired) electrons. The number of carbonyl (C=O) groups excluding carboxylic acids is 6. The first-order valence-corrected chi connectivity index (χ1v) is 14.1. The van der Waals surface area contributed by atoms with Gasteiger partial charge in [-0.1, -0.05) is 12.1 Å². The number of amides is 5. The van der Waals surface area contributed by atoms with Gasteiger partial charge in [0.1, 0.15) is 24.2 Å². The van der Waals surface area contributed by atoms with Crippen molar-refractivity contribution in [1.29, 1.82) is 0 Å². The van der Waals surface area contributed by atoms with Crippen LogP contribution in [0.15, 0.2) is 36.4 Å². The highest BCUT2D eigenvalue weighted by atomic mass is 19.1. The molecule has 1 aliphatic heterocycles. The van der Waals surface area contributed by atoms with Crippen LogP contribution in [0.3, 0.4) is 0 Å². The smallest absolute Gasteiger partial charge is 0.255 e. The number of primary amides is 1. The topological polar surface area (TPSA) is 177 Å². The van der Waals surface area contributed by atoms with Gasteiger partial charge in [0, 0.05) is 50.0 Å². The van der Waals surface area contributed by atoms with E-state index in [-0.39, 0.29) is 81.0 Å². The van der Waals surface area contributed by atoms with Crippen molar-refractivity contribution in [2.24, 2.45) is 5.73 Å². The molecule has 1 heterocycles. The van der Waals surface area contributed by atoms with Crippen LogP contribution < -0.4 is 26.4 Å². The van der Waals surface area contributed by atoms with Crippen LogP contribution >= 0.6 is 0 Å². The van der Waals surface area contributed by atoms with E-state index in [0.29, 0.717) is 36.0 Å². The van der Waals surface area contributed by atoms with Gasteiger partial charge in [0.25, 0.3) is 11.8 Å². The number of halogens is 1. The number of Topliss-reactive ketones (excluding diaryl/α,β-unsaturated/α-hetero) is 1. The first kappa shape index (κ1) is 31.1. The largest absolute Gasteiger partial charge is 0.491 e. The minimum absolute atomic E-state index is 0.0119. The summed E-state index contributed by atoms with van der Waals surface area (Å²) in [6.07, 6.45) is 0.916. The first-order chi connectivity index (χ1) is 20.6. The summed E-state index contributed by atoms with van der Waals surface area (Å²) in [5.74, 6) is -3.40. The van der Waals surface area contributed by atoms with Crippen LogP contribution in [0.1, 0.15) is 68.7 Å². The van der Waals surface area contributed by atoms with Crippen LogP contribution in [0.5, 0.6) is 5.75 Å². The molecule has 1 aliphatic carbocycles. The van der Waals surface area contributed by atoms with E-state index < -0.39 is 29.6 Å². The average Bonchev–Trinajstić information content (AvgIpc) is 3.36. The predicted molar refractivity (Wildman–Crippen MR) is 152 cm³/mol. The van der Waals surface area contributed by atoms with Gasteiger partial charge in [0.2, 0.25) is 17.7 Å². The molecule has 5 amide bonds. The molecule has 2 aliphatic rings. The molecule has 0 aromatic heterocycles. The molecule has 2 aromatic carbocycles. The molecular weight excluding hydrogens is 561 g/mol. The Labute approximate surface area is 247 Å². The van der Waals surface area contributed by atoms with Crippen LogP contribution in [-0.2, 0) is 20.8 Å². The standard InChI is InChI=1S/C30H34FN5O7/c31-18-6-10-25-22(17-18)28(40)35-23(8-11-26(32)38)29(41)34-12-15-36(14-2-5-27(39)33-13-16-43-25)30(42)21-4-1-3-20-19(21)7-9-24(20)37/h1,3-4,6,10,17,23H,2,5,7-9,11-16H2,(H2,32,38)(H,33,39)(H,34,41)(H,35,40)/t23-/m0/s1. The molecule has 0 saturated heterocycles. The Morgan fingerprint density at radius 1 is 0.977 bits per heavy atom. The SMILES string of the molecule is NC(=O)CC[C@@H]1NC(=O)c2cc(F)ccc2OCCNC(=O)CCCN(C(=O)c2cccc3c2CCC3=O)CCNC1=O. The second kappa shape index (κ2) is 14.4. The number of hydrogen-bond acceptors (Lipinski definition) is 7. The van der Waals surface area contributed by atoms with Crippen LogP contribution in [0, 0.1) is 5.82 Å².